The molecule has 0 amide bonds. The van der Waals surface area contributed by atoms with Gasteiger partial charge in [-0.05, 0) is 19.4 Å². The predicted molar refractivity (Wildman–Crippen MR) is 140 cm³/mol. The van der Waals surface area contributed by atoms with E-state index in [9.17, 15) is 39.3 Å². The van der Waals surface area contributed by atoms with Gasteiger partial charge in [0.15, 0.2) is 36.2 Å². The zero-order valence-corrected chi connectivity index (χ0v) is 24.5. The van der Waals surface area contributed by atoms with Crippen LogP contribution in [0, 0.1) is 13.8 Å². The van der Waals surface area contributed by atoms with Crippen LogP contribution in [0.2, 0.25) is 0 Å². The molecule has 0 aliphatic carbocycles. The van der Waals surface area contributed by atoms with Crippen LogP contribution in [0.4, 0.5) is 5.82 Å². The minimum atomic E-state index is -5.32. The third-order valence-electron chi connectivity index (χ3n) is 7.10. The summed E-state index contributed by atoms with van der Waals surface area (Å²) in [4.78, 5) is 31.9. The largest absolute Gasteiger partial charge is 0.481 e. The van der Waals surface area contributed by atoms with Crippen LogP contribution in [0.15, 0.2) is 31.1 Å². The number of hydrogen-bond donors (Lipinski definition) is 7. The number of nitrogen functional groups attached to an aromatic ring is 1. The lowest BCUT2D eigenvalue weighted by atomic mass is 10.1. The summed E-state index contributed by atoms with van der Waals surface area (Å²) in [6.45, 7) is 2.06. The van der Waals surface area contributed by atoms with Gasteiger partial charge in [-0.15, -0.1) is 0 Å². The summed E-state index contributed by atoms with van der Waals surface area (Å²) in [6.07, 6.45) is -5.45. The number of pyridine rings is 1. The highest BCUT2D eigenvalue weighted by Crippen LogP contribution is 2.60. The lowest BCUT2D eigenvalue weighted by molar-refractivity contribution is -0.766. The monoisotopic (exact) mass is 649 g/mol. The second-order valence-corrected chi connectivity index (χ2v) is 13.1. The molecule has 236 valence electrons. The van der Waals surface area contributed by atoms with Crippen LogP contribution in [-0.2, 0) is 32.0 Å². The molecule has 0 saturated carbocycles. The Balaban J connectivity index is 1.16. The smallest absolute Gasteiger partial charge is 0.387 e. The molecule has 10 atom stereocenters. The van der Waals surface area contributed by atoms with Crippen LogP contribution in [0.1, 0.15) is 23.6 Å². The van der Waals surface area contributed by atoms with E-state index < -0.39 is 77.9 Å². The molecule has 5 rings (SSSR count). The van der Waals surface area contributed by atoms with Gasteiger partial charge in [-0.25, -0.2) is 24.1 Å². The predicted octanol–water partition coefficient (Wildman–Crippen LogP) is -1.50. The molecule has 2 fully saturated rings. The third-order valence-corrected chi connectivity index (χ3v) is 9.70. The number of nitrogens with two attached hydrogens (primary N) is 1. The minimum absolute atomic E-state index is 0.0657. The van der Waals surface area contributed by atoms with Crippen molar-refractivity contribution in [2.24, 2.45) is 0 Å². The van der Waals surface area contributed by atoms with Gasteiger partial charge in [0.05, 0.1) is 19.5 Å². The van der Waals surface area contributed by atoms with Crippen molar-refractivity contribution in [2.75, 3.05) is 18.9 Å². The van der Waals surface area contributed by atoms with E-state index >= 15 is 0 Å². The standard InChI is InChI=1S/C22H30N6O13P2/c1-10-3-4-27(5-11(10)2)21-17(31)15(29)12(39-21)6-37-42(33,34)41-43(35,36)38-7-13-16(30)18(32)22(40-13)28-9-26-14-19(23)24-8-25-20(14)28/h3-5,8-9,12-13,15-18,21-22,29-32H,6-7H2,1-2H3,(H3-,23,24,25,33,34,35,36)/p+1/t12-,13-,15-,16-,17-,18-,21-,22-/m1/s1. The molecule has 0 radical (unpaired) electrons. The second-order valence-electron chi connectivity index (χ2n) is 10.0. The number of phosphoric acid groups is 2. The van der Waals surface area contributed by atoms with Gasteiger partial charge in [0.25, 0.3) is 6.23 Å². The maximum atomic E-state index is 12.4. The van der Waals surface area contributed by atoms with Crippen molar-refractivity contribution in [3.8, 4) is 0 Å². The van der Waals surface area contributed by atoms with E-state index in [0.717, 1.165) is 17.5 Å². The van der Waals surface area contributed by atoms with E-state index in [1.54, 1.807) is 18.5 Å². The van der Waals surface area contributed by atoms with E-state index in [1.807, 2.05) is 13.8 Å². The Morgan fingerprint density at radius 2 is 1.56 bits per heavy atom. The molecule has 0 aromatic carbocycles. The Labute approximate surface area is 243 Å². The lowest BCUT2D eigenvalue weighted by Crippen LogP contribution is -2.46. The number of rotatable bonds is 10. The third kappa shape index (κ3) is 6.64. The second kappa shape index (κ2) is 12.1. The van der Waals surface area contributed by atoms with Gasteiger partial charge < -0.3 is 45.4 Å². The summed E-state index contributed by atoms with van der Waals surface area (Å²) in [5, 5.41) is 41.7. The highest BCUT2D eigenvalue weighted by molar-refractivity contribution is 7.61. The van der Waals surface area contributed by atoms with Gasteiger partial charge in [-0.1, -0.05) is 0 Å². The van der Waals surface area contributed by atoms with E-state index in [4.69, 9.17) is 24.3 Å². The first-order chi connectivity index (χ1) is 20.2. The molecular formula is C22H31N6O13P2+. The van der Waals surface area contributed by atoms with Gasteiger partial charge in [0, 0.05) is 11.6 Å². The number of imidazole rings is 1. The van der Waals surface area contributed by atoms with Crippen molar-refractivity contribution in [3.05, 3.63) is 42.2 Å². The number of phosphoric ester groups is 2. The molecule has 0 bridgehead atoms. The molecule has 2 aliphatic rings. The number of aromatic nitrogens is 5. The van der Waals surface area contributed by atoms with Crippen molar-refractivity contribution in [1.29, 1.82) is 0 Å². The molecule has 3 aromatic heterocycles. The Morgan fingerprint density at radius 1 is 0.930 bits per heavy atom. The van der Waals surface area contributed by atoms with Crippen LogP contribution >= 0.6 is 15.6 Å². The summed E-state index contributed by atoms with van der Waals surface area (Å²) in [5.41, 5.74) is 8.02. The van der Waals surface area contributed by atoms with Crippen LogP contribution in [0.3, 0.4) is 0 Å². The number of nitrogens with zero attached hydrogens (tertiary/aromatic N) is 5. The number of aliphatic hydroxyl groups excluding tert-OH is 4. The maximum Gasteiger partial charge on any atom is 0.481 e. The Hall–Kier alpha value is -2.48. The van der Waals surface area contributed by atoms with Gasteiger partial charge in [0.1, 0.15) is 42.4 Å². The number of hydrogen-bond acceptors (Lipinski definition) is 15. The molecule has 3 aromatic rings. The van der Waals surface area contributed by atoms with Crippen molar-refractivity contribution >= 4 is 32.6 Å². The van der Waals surface area contributed by atoms with Gasteiger partial charge in [-0.3, -0.25) is 13.6 Å². The summed E-state index contributed by atoms with van der Waals surface area (Å²) in [5.74, 6) is 0.0657. The minimum Gasteiger partial charge on any atom is -0.387 e. The van der Waals surface area contributed by atoms with E-state index in [0.29, 0.717) is 0 Å². The van der Waals surface area contributed by atoms with Crippen molar-refractivity contribution in [2.45, 2.75) is 62.9 Å². The van der Waals surface area contributed by atoms with Crippen molar-refractivity contribution in [1.82, 2.24) is 19.5 Å². The Morgan fingerprint density at radius 3 is 2.21 bits per heavy atom. The van der Waals surface area contributed by atoms with E-state index in [-0.39, 0.29) is 17.0 Å². The van der Waals surface area contributed by atoms with Crippen LogP contribution in [-0.4, -0.2) is 99.6 Å². The number of anilines is 1. The van der Waals surface area contributed by atoms with Gasteiger partial charge in [0.2, 0.25) is 0 Å². The fourth-order valence-corrected chi connectivity index (χ4v) is 6.73. The average Bonchev–Trinajstić information content (AvgIpc) is 3.58. The molecule has 43 heavy (non-hydrogen) atoms. The normalized spacial score (nSPS) is 32.2. The number of aliphatic hydroxyl groups is 4. The van der Waals surface area contributed by atoms with Crippen molar-refractivity contribution < 1.29 is 66.7 Å². The molecule has 0 spiro atoms. The van der Waals surface area contributed by atoms with E-state index in [2.05, 4.69) is 19.3 Å². The van der Waals surface area contributed by atoms with E-state index in [1.165, 1.54) is 15.5 Å². The summed E-state index contributed by atoms with van der Waals surface area (Å²) in [6, 6.07) is 1.78. The van der Waals surface area contributed by atoms with Crippen molar-refractivity contribution in [3.63, 3.8) is 0 Å². The molecule has 2 saturated heterocycles. The molecule has 8 N–H and O–H groups in total. The number of ether oxygens (including phenoxy) is 2. The Bertz CT molecular complexity index is 1580. The summed E-state index contributed by atoms with van der Waals surface area (Å²) < 4.78 is 52.6. The SMILES string of the molecule is Cc1cc[n+]([C@@H]2O[C@H](COP(=O)(O)OP(=O)(O)OC[C@H]3O[C@@H](n4cnc5c(N)ncnc54)[C@H](O)[C@@H]3O)[C@@H](O)[C@H]2O)cc1C. The zero-order valence-electron chi connectivity index (χ0n) is 22.7. The first-order valence-corrected chi connectivity index (χ1v) is 15.8. The molecule has 5 heterocycles. The summed E-state index contributed by atoms with van der Waals surface area (Å²) in [7, 11) is -10.6. The van der Waals surface area contributed by atoms with Gasteiger partial charge in [-0.2, -0.15) is 8.88 Å². The molecular weight excluding hydrogens is 618 g/mol. The number of fused-ring (bicyclic) bond motifs is 1. The first kappa shape index (κ1) is 31.9. The number of aryl methyl sites for hydroxylation is 2. The van der Waals surface area contributed by atoms with Crippen LogP contribution in [0.25, 0.3) is 11.2 Å². The quantitative estimate of drug-likeness (QED) is 0.0972. The fourth-order valence-electron chi connectivity index (χ4n) is 4.64. The first-order valence-electron chi connectivity index (χ1n) is 12.8. The highest BCUT2D eigenvalue weighted by Gasteiger charge is 2.50. The molecule has 19 nitrogen and oxygen atoms in total. The van der Waals surface area contributed by atoms with Gasteiger partial charge >= 0.3 is 15.6 Å². The molecule has 21 heteroatoms. The van der Waals surface area contributed by atoms with Crippen LogP contribution in [0.5, 0.6) is 0 Å². The fraction of sp³-hybridized carbons (Fsp3) is 0.545. The molecule has 2 aliphatic heterocycles. The zero-order chi connectivity index (χ0) is 31.3. The maximum absolute atomic E-state index is 12.4. The highest BCUT2D eigenvalue weighted by atomic mass is 31.3. The summed E-state index contributed by atoms with van der Waals surface area (Å²) >= 11 is 0. The average molecular weight is 649 g/mol. The Kier molecular flexibility index (Phi) is 9.01. The van der Waals surface area contributed by atoms with Crippen LogP contribution < -0.4 is 10.3 Å². The lowest BCUT2D eigenvalue weighted by Gasteiger charge is -2.20. The molecule has 2 unspecified atom stereocenters. The topological polar surface area (TPSA) is 275 Å².